The third-order valence-corrected chi connectivity index (χ3v) is 3.98. The molecule has 0 spiro atoms. The number of thiophene rings is 1. The van der Waals surface area contributed by atoms with Crippen molar-refractivity contribution in [3.8, 4) is 0 Å². The van der Waals surface area contributed by atoms with Gasteiger partial charge in [0.25, 0.3) is 0 Å². The average molecular weight is 259 g/mol. The van der Waals surface area contributed by atoms with Crippen LogP contribution in [-0.4, -0.2) is 9.97 Å². The molecular weight excluding hydrogens is 244 g/mol. The SMILES string of the molecule is CC(C)Cc1ccc2c(n1)sc1c(N)[nH+]cnc12. The summed E-state index contributed by atoms with van der Waals surface area (Å²) in [6, 6.07) is 4.19. The van der Waals surface area contributed by atoms with Crippen molar-refractivity contribution < 1.29 is 4.98 Å². The molecule has 0 aliphatic rings. The molecule has 3 N–H and O–H groups in total. The van der Waals surface area contributed by atoms with Gasteiger partial charge in [-0.25, -0.2) is 9.97 Å². The largest absolute Gasteiger partial charge is 0.317 e. The van der Waals surface area contributed by atoms with Crippen LogP contribution in [-0.2, 0) is 6.42 Å². The Hall–Kier alpha value is -1.75. The molecule has 0 unspecified atom stereocenters. The molecule has 0 fully saturated rings. The zero-order valence-electron chi connectivity index (χ0n) is 10.4. The normalized spacial score (nSPS) is 11.7. The quantitative estimate of drug-likeness (QED) is 0.768. The van der Waals surface area contributed by atoms with E-state index < -0.39 is 0 Å². The van der Waals surface area contributed by atoms with Crippen LogP contribution in [0.2, 0.25) is 0 Å². The van der Waals surface area contributed by atoms with Gasteiger partial charge in [-0.1, -0.05) is 13.8 Å². The summed E-state index contributed by atoms with van der Waals surface area (Å²) < 4.78 is 0.988. The van der Waals surface area contributed by atoms with Crippen LogP contribution in [0.15, 0.2) is 18.5 Å². The third-order valence-electron chi connectivity index (χ3n) is 2.86. The molecule has 0 saturated heterocycles. The maximum atomic E-state index is 5.93. The van der Waals surface area contributed by atoms with Gasteiger partial charge in [0.15, 0.2) is 5.52 Å². The van der Waals surface area contributed by atoms with Crippen LogP contribution in [0.3, 0.4) is 0 Å². The van der Waals surface area contributed by atoms with Crippen LogP contribution >= 0.6 is 11.3 Å². The Bertz CT molecular complexity index is 717. The van der Waals surface area contributed by atoms with E-state index in [1.54, 1.807) is 17.7 Å². The topological polar surface area (TPSA) is 65.9 Å². The molecule has 0 aliphatic carbocycles. The summed E-state index contributed by atoms with van der Waals surface area (Å²) in [4.78, 5) is 13.0. The van der Waals surface area contributed by atoms with Gasteiger partial charge >= 0.3 is 0 Å². The highest BCUT2D eigenvalue weighted by Crippen LogP contribution is 2.32. The van der Waals surface area contributed by atoms with Crippen LogP contribution in [0.5, 0.6) is 0 Å². The smallest absolute Gasteiger partial charge is 0.238 e. The highest BCUT2D eigenvalue weighted by atomic mass is 32.1. The van der Waals surface area contributed by atoms with Crippen molar-refractivity contribution in [1.29, 1.82) is 0 Å². The Morgan fingerprint density at radius 2 is 2.22 bits per heavy atom. The van der Waals surface area contributed by atoms with Gasteiger partial charge in [0.05, 0.1) is 5.39 Å². The second kappa shape index (κ2) is 4.17. The highest BCUT2D eigenvalue weighted by Gasteiger charge is 2.14. The van der Waals surface area contributed by atoms with Crippen LogP contribution in [0.4, 0.5) is 5.82 Å². The van der Waals surface area contributed by atoms with Crippen molar-refractivity contribution in [2.24, 2.45) is 5.92 Å². The lowest BCUT2D eigenvalue weighted by atomic mass is 10.1. The fraction of sp³-hybridized carbons (Fsp3) is 0.308. The first kappa shape index (κ1) is 11.3. The zero-order valence-corrected chi connectivity index (χ0v) is 11.2. The number of hydrogen-bond donors (Lipinski definition) is 1. The van der Waals surface area contributed by atoms with Crippen molar-refractivity contribution in [2.45, 2.75) is 20.3 Å². The first-order chi connectivity index (χ1) is 8.65. The second-order valence-corrected chi connectivity index (χ2v) is 5.85. The van der Waals surface area contributed by atoms with E-state index in [1.165, 1.54) is 0 Å². The molecule has 3 aromatic rings. The number of anilines is 1. The molecule has 0 saturated carbocycles. The number of aromatic amines is 1. The Morgan fingerprint density at radius 1 is 1.39 bits per heavy atom. The Kier molecular flexibility index (Phi) is 2.63. The molecule has 0 atom stereocenters. The summed E-state index contributed by atoms with van der Waals surface area (Å²) in [5.74, 6) is 1.27. The lowest BCUT2D eigenvalue weighted by molar-refractivity contribution is -0.363. The van der Waals surface area contributed by atoms with E-state index in [-0.39, 0.29) is 0 Å². The Morgan fingerprint density at radius 3 is 3.00 bits per heavy atom. The number of hydrogen-bond acceptors (Lipinski definition) is 4. The summed E-state index contributed by atoms with van der Waals surface area (Å²) in [5.41, 5.74) is 8.00. The standard InChI is InChI=1S/C13H14N4S/c1-7(2)5-8-3-4-9-10-11(18-13(9)17-8)12(14)16-6-15-10/h3-4,6-7H,5H2,1-2H3,(H2,14,15,16)/p+1. The molecule has 0 aliphatic heterocycles. The maximum absolute atomic E-state index is 5.93. The Balaban J connectivity index is 2.23. The van der Waals surface area contributed by atoms with Crippen molar-refractivity contribution >= 4 is 37.6 Å². The monoisotopic (exact) mass is 259 g/mol. The van der Waals surface area contributed by atoms with Gasteiger partial charge in [-0.15, -0.1) is 16.3 Å². The molecule has 4 nitrogen and oxygen atoms in total. The summed E-state index contributed by atoms with van der Waals surface area (Å²) >= 11 is 1.60. The summed E-state index contributed by atoms with van der Waals surface area (Å²) in [6.07, 6.45) is 2.63. The lowest BCUT2D eigenvalue weighted by Crippen LogP contribution is -2.09. The van der Waals surface area contributed by atoms with E-state index >= 15 is 0 Å². The summed E-state index contributed by atoms with van der Waals surface area (Å²) in [7, 11) is 0. The van der Waals surface area contributed by atoms with Crippen LogP contribution in [0.25, 0.3) is 20.4 Å². The van der Waals surface area contributed by atoms with Crippen molar-refractivity contribution in [2.75, 3.05) is 5.73 Å². The first-order valence-electron chi connectivity index (χ1n) is 5.99. The number of nitrogen functional groups attached to an aromatic ring is 1. The number of pyridine rings is 1. The number of rotatable bonds is 2. The van der Waals surface area contributed by atoms with Gasteiger partial charge in [-0.3, -0.25) is 0 Å². The van der Waals surface area contributed by atoms with Crippen LogP contribution < -0.4 is 10.7 Å². The van der Waals surface area contributed by atoms with E-state index in [1.807, 2.05) is 0 Å². The van der Waals surface area contributed by atoms with Gasteiger partial charge in [-0.05, 0) is 24.5 Å². The fourth-order valence-corrected chi connectivity index (χ4v) is 3.14. The van der Waals surface area contributed by atoms with E-state index in [9.17, 15) is 0 Å². The highest BCUT2D eigenvalue weighted by molar-refractivity contribution is 7.25. The van der Waals surface area contributed by atoms with Gasteiger partial charge in [0.2, 0.25) is 12.1 Å². The first-order valence-corrected chi connectivity index (χ1v) is 6.81. The minimum atomic E-state index is 0.612. The molecule has 92 valence electrons. The molecule has 0 aromatic carbocycles. The lowest BCUT2D eigenvalue weighted by Gasteiger charge is -2.02. The molecule has 18 heavy (non-hydrogen) atoms. The van der Waals surface area contributed by atoms with Gasteiger partial charge in [0, 0.05) is 5.69 Å². The number of fused-ring (bicyclic) bond motifs is 3. The third kappa shape index (κ3) is 1.80. The van der Waals surface area contributed by atoms with Crippen LogP contribution in [0.1, 0.15) is 19.5 Å². The molecule has 0 amide bonds. The molecule has 0 bridgehead atoms. The predicted molar refractivity (Wildman–Crippen MR) is 74.4 cm³/mol. The summed E-state index contributed by atoms with van der Waals surface area (Å²) in [5, 5.41) is 1.09. The van der Waals surface area contributed by atoms with E-state index in [0.29, 0.717) is 11.7 Å². The number of nitrogens with two attached hydrogens (primary N) is 1. The van der Waals surface area contributed by atoms with Gasteiger partial charge in [0.1, 0.15) is 9.53 Å². The molecular formula is C13H15N4S+. The van der Waals surface area contributed by atoms with E-state index in [4.69, 9.17) is 10.7 Å². The van der Waals surface area contributed by atoms with E-state index in [2.05, 4.69) is 35.9 Å². The minimum absolute atomic E-state index is 0.612. The maximum Gasteiger partial charge on any atom is 0.238 e. The van der Waals surface area contributed by atoms with Gasteiger partial charge in [-0.2, -0.15) is 0 Å². The Labute approximate surface area is 109 Å². The molecule has 3 aromatic heterocycles. The number of nitrogens with zero attached hydrogens (tertiary/aromatic N) is 2. The van der Waals surface area contributed by atoms with Crippen molar-refractivity contribution in [3.05, 3.63) is 24.2 Å². The number of aromatic nitrogens is 3. The number of nitrogens with one attached hydrogen (secondary N) is 1. The second-order valence-electron chi connectivity index (χ2n) is 4.85. The molecule has 0 radical (unpaired) electrons. The van der Waals surface area contributed by atoms with Crippen molar-refractivity contribution in [3.63, 3.8) is 0 Å². The predicted octanol–water partition coefficient (Wildman–Crippen LogP) is 2.44. The fourth-order valence-electron chi connectivity index (χ4n) is 2.08. The van der Waals surface area contributed by atoms with E-state index in [0.717, 1.165) is 32.5 Å². The molecule has 5 heteroatoms. The minimum Gasteiger partial charge on any atom is -0.317 e. The van der Waals surface area contributed by atoms with Crippen LogP contribution in [0, 0.1) is 5.92 Å². The number of H-pyrrole nitrogens is 1. The van der Waals surface area contributed by atoms with Crippen molar-refractivity contribution in [1.82, 2.24) is 9.97 Å². The molecule has 3 rings (SSSR count). The average Bonchev–Trinajstić information content (AvgIpc) is 2.67. The zero-order chi connectivity index (χ0) is 12.7. The van der Waals surface area contributed by atoms with Gasteiger partial charge < -0.3 is 5.73 Å². The summed E-state index contributed by atoms with van der Waals surface area (Å²) in [6.45, 7) is 4.40. The molecule has 3 heterocycles.